The molecule has 0 saturated carbocycles. The average molecular weight is 363 g/mol. The van der Waals surface area contributed by atoms with E-state index < -0.39 is 30.6 Å². The van der Waals surface area contributed by atoms with Crippen LogP contribution in [0.2, 0.25) is 0 Å². The van der Waals surface area contributed by atoms with E-state index in [2.05, 4.69) is 4.98 Å². The summed E-state index contributed by atoms with van der Waals surface area (Å²) in [7, 11) is 1.43. The first-order valence-electron chi connectivity index (χ1n) is 7.86. The molecule has 0 spiro atoms. The molecule has 2 aromatic rings. The molecule has 0 aliphatic rings. The normalized spacial score (nSPS) is 11.2. The van der Waals surface area contributed by atoms with Crippen molar-refractivity contribution in [1.29, 1.82) is 0 Å². The average Bonchev–Trinajstić information content (AvgIpc) is 3.19. The Labute approximate surface area is 150 Å². The first-order valence-corrected chi connectivity index (χ1v) is 7.86. The number of ether oxygens (including phenoxy) is 1. The number of oxazole rings is 1. The van der Waals surface area contributed by atoms with Crippen molar-refractivity contribution in [2.75, 3.05) is 25.2 Å². The van der Waals surface area contributed by atoms with E-state index in [0.29, 0.717) is 17.1 Å². The van der Waals surface area contributed by atoms with Gasteiger partial charge in [0.1, 0.15) is 5.75 Å². The Balaban J connectivity index is 2.62. The van der Waals surface area contributed by atoms with Crippen LogP contribution in [0.5, 0.6) is 5.75 Å². The summed E-state index contributed by atoms with van der Waals surface area (Å²) >= 11 is 0. The molecule has 140 valence electrons. The van der Waals surface area contributed by atoms with Crippen LogP contribution in [0.1, 0.15) is 13.3 Å². The summed E-state index contributed by atoms with van der Waals surface area (Å²) in [6, 6.07) is 4.65. The summed E-state index contributed by atoms with van der Waals surface area (Å²) in [5.74, 6) is -1.46. The monoisotopic (exact) mass is 363 g/mol. The third-order valence-electron chi connectivity index (χ3n) is 4.28. The molecular weight excluding hydrogens is 342 g/mol. The molecule has 26 heavy (non-hydrogen) atoms. The number of anilines is 1. The topological polar surface area (TPSA) is 139 Å². The van der Waals surface area contributed by atoms with Crippen molar-refractivity contribution >= 4 is 17.5 Å². The van der Waals surface area contributed by atoms with Crippen LogP contribution in [0, 0.1) is 0 Å². The van der Waals surface area contributed by atoms with Crippen molar-refractivity contribution in [1.82, 2.24) is 4.98 Å². The van der Waals surface area contributed by atoms with Crippen molar-refractivity contribution in [3.8, 4) is 17.1 Å². The molecule has 2 amide bonds. The number of primary amides is 1. The second kappa shape index (κ2) is 7.98. The molecule has 0 atom stereocenters. The second-order valence-electron chi connectivity index (χ2n) is 5.65. The van der Waals surface area contributed by atoms with Gasteiger partial charge in [0.15, 0.2) is 12.2 Å². The molecule has 0 radical (unpaired) electrons. The van der Waals surface area contributed by atoms with Crippen LogP contribution in [0.15, 0.2) is 35.2 Å². The molecule has 0 aliphatic carbocycles. The zero-order valence-electron chi connectivity index (χ0n) is 14.5. The van der Waals surface area contributed by atoms with Gasteiger partial charge in [-0.25, -0.2) is 4.98 Å². The van der Waals surface area contributed by atoms with E-state index in [-0.39, 0.29) is 12.1 Å². The minimum atomic E-state index is -1.40. The van der Waals surface area contributed by atoms with E-state index in [9.17, 15) is 19.8 Å². The molecule has 1 aromatic carbocycles. The summed E-state index contributed by atoms with van der Waals surface area (Å²) in [6.07, 6.45) is 2.96. The first kappa shape index (κ1) is 19.4. The second-order valence-corrected chi connectivity index (χ2v) is 5.65. The van der Waals surface area contributed by atoms with Gasteiger partial charge in [-0.05, 0) is 18.6 Å². The number of carbonyl (C=O) groups is 2. The van der Waals surface area contributed by atoms with Gasteiger partial charge in [0, 0.05) is 11.8 Å². The Bertz CT molecular complexity index is 763. The summed E-state index contributed by atoms with van der Waals surface area (Å²) in [4.78, 5) is 28.8. The lowest BCUT2D eigenvalue weighted by atomic mass is 9.94. The van der Waals surface area contributed by atoms with Crippen molar-refractivity contribution in [2.24, 2.45) is 5.73 Å². The SMILES string of the molecule is CCC(CO)(CO)N(C(=O)C(N)=O)c1ccc(-c2cnco2)c(OC)c1. The van der Waals surface area contributed by atoms with E-state index in [1.807, 2.05) is 0 Å². The number of rotatable bonds is 7. The predicted molar refractivity (Wildman–Crippen MR) is 92.4 cm³/mol. The van der Waals surface area contributed by atoms with Crippen LogP contribution in [-0.4, -0.2) is 52.9 Å². The van der Waals surface area contributed by atoms with Crippen molar-refractivity contribution < 1.29 is 29.0 Å². The highest BCUT2D eigenvalue weighted by Gasteiger charge is 2.40. The zero-order chi connectivity index (χ0) is 19.3. The molecule has 9 nitrogen and oxygen atoms in total. The number of aliphatic hydroxyl groups is 2. The third-order valence-corrected chi connectivity index (χ3v) is 4.28. The maximum Gasteiger partial charge on any atom is 0.316 e. The quantitative estimate of drug-likeness (QED) is 0.601. The maximum atomic E-state index is 12.4. The molecule has 4 N–H and O–H groups in total. The number of methoxy groups -OCH3 is 1. The number of benzene rings is 1. The summed E-state index contributed by atoms with van der Waals surface area (Å²) < 4.78 is 10.6. The van der Waals surface area contributed by atoms with Gasteiger partial charge in [0.25, 0.3) is 0 Å². The molecule has 1 aromatic heterocycles. The molecule has 0 unspecified atom stereocenters. The lowest BCUT2D eigenvalue weighted by Gasteiger charge is -2.40. The predicted octanol–water partition coefficient (Wildman–Crippen LogP) is 0.302. The highest BCUT2D eigenvalue weighted by Crippen LogP contribution is 2.36. The molecule has 0 saturated heterocycles. The lowest BCUT2D eigenvalue weighted by molar-refractivity contribution is -0.137. The lowest BCUT2D eigenvalue weighted by Crippen LogP contribution is -2.59. The fourth-order valence-corrected chi connectivity index (χ4v) is 2.66. The third kappa shape index (κ3) is 3.39. The van der Waals surface area contributed by atoms with Crippen LogP contribution in [0.25, 0.3) is 11.3 Å². The Morgan fingerprint density at radius 1 is 1.35 bits per heavy atom. The van der Waals surface area contributed by atoms with Crippen molar-refractivity contribution in [2.45, 2.75) is 18.9 Å². The minimum Gasteiger partial charge on any atom is -0.496 e. The van der Waals surface area contributed by atoms with Gasteiger partial charge >= 0.3 is 11.8 Å². The Hall–Kier alpha value is -2.91. The van der Waals surface area contributed by atoms with Crippen LogP contribution >= 0.6 is 0 Å². The van der Waals surface area contributed by atoms with Gasteiger partial charge in [-0.15, -0.1) is 0 Å². The fourth-order valence-electron chi connectivity index (χ4n) is 2.66. The Kier molecular flexibility index (Phi) is 5.96. The van der Waals surface area contributed by atoms with Crippen molar-refractivity contribution in [3.63, 3.8) is 0 Å². The van der Waals surface area contributed by atoms with E-state index in [1.54, 1.807) is 13.0 Å². The molecule has 0 bridgehead atoms. The van der Waals surface area contributed by atoms with Crippen molar-refractivity contribution in [3.05, 3.63) is 30.8 Å². The molecular formula is C17H21N3O6. The summed E-state index contributed by atoms with van der Waals surface area (Å²) in [5, 5.41) is 19.6. The number of hydrogen-bond acceptors (Lipinski definition) is 7. The van der Waals surface area contributed by atoms with Gasteiger partial charge in [-0.3, -0.25) is 14.5 Å². The number of aliphatic hydroxyl groups excluding tert-OH is 2. The highest BCUT2D eigenvalue weighted by molar-refractivity contribution is 6.40. The molecule has 9 heteroatoms. The number of aromatic nitrogens is 1. The smallest absolute Gasteiger partial charge is 0.316 e. The summed E-state index contributed by atoms with van der Waals surface area (Å²) in [6.45, 7) is 0.546. The van der Waals surface area contributed by atoms with Crippen LogP contribution in [0.3, 0.4) is 0 Å². The molecule has 2 rings (SSSR count). The number of nitrogens with two attached hydrogens (primary N) is 1. The first-order chi connectivity index (χ1) is 12.4. The molecule has 0 fully saturated rings. The standard InChI is InChI=1S/C17H21N3O6/c1-3-17(8-21,9-22)20(16(24)15(18)23)11-4-5-12(13(6-11)25-2)14-7-19-10-26-14/h4-7,10,21-22H,3,8-9H2,1-2H3,(H2,18,23). The molecule has 0 aliphatic heterocycles. The van der Waals surface area contributed by atoms with Crippen LogP contribution < -0.4 is 15.4 Å². The van der Waals surface area contributed by atoms with Gasteiger partial charge < -0.3 is 25.1 Å². The van der Waals surface area contributed by atoms with E-state index in [4.69, 9.17) is 14.9 Å². The zero-order valence-corrected chi connectivity index (χ0v) is 14.5. The van der Waals surface area contributed by atoms with Gasteiger partial charge in [0.2, 0.25) is 0 Å². The Morgan fingerprint density at radius 3 is 2.50 bits per heavy atom. The van der Waals surface area contributed by atoms with Gasteiger partial charge in [-0.2, -0.15) is 0 Å². The number of amides is 2. The van der Waals surface area contributed by atoms with Crippen LogP contribution in [-0.2, 0) is 9.59 Å². The Morgan fingerprint density at radius 2 is 2.04 bits per heavy atom. The van der Waals surface area contributed by atoms with E-state index >= 15 is 0 Å². The van der Waals surface area contributed by atoms with Crippen LogP contribution in [0.4, 0.5) is 5.69 Å². The largest absolute Gasteiger partial charge is 0.496 e. The minimum absolute atomic E-state index is 0.186. The highest BCUT2D eigenvalue weighted by atomic mass is 16.5. The number of nitrogens with zero attached hydrogens (tertiary/aromatic N) is 2. The fraction of sp³-hybridized carbons (Fsp3) is 0.353. The molecule has 1 heterocycles. The van der Waals surface area contributed by atoms with Gasteiger partial charge in [0.05, 0.1) is 37.6 Å². The number of hydrogen-bond donors (Lipinski definition) is 3. The maximum absolute atomic E-state index is 12.4. The van der Waals surface area contributed by atoms with E-state index in [0.717, 1.165) is 4.90 Å². The van der Waals surface area contributed by atoms with Gasteiger partial charge in [-0.1, -0.05) is 6.92 Å². The number of carbonyl (C=O) groups excluding carboxylic acids is 2. The van der Waals surface area contributed by atoms with E-state index in [1.165, 1.54) is 31.8 Å². The summed E-state index contributed by atoms with van der Waals surface area (Å²) in [5.41, 5.74) is 4.58.